The predicted octanol–water partition coefficient (Wildman–Crippen LogP) is 2.98. The van der Waals surface area contributed by atoms with Crippen molar-refractivity contribution in [2.24, 2.45) is 0 Å². The van der Waals surface area contributed by atoms with Gasteiger partial charge in [0, 0.05) is 17.7 Å². The van der Waals surface area contributed by atoms with E-state index in [1.807, 2.05) is 11.9 Å². The molecule has 0 amide bonds. The zero-order chi connectivity index (χ0) is 9.86. The quantitative estimate of drug-likeness (QED) is 0.765. The lowest BCUT2D eigenvalue weighted by Gasteiger charge is -2.27. The molecule has 2 rings (SSSR count). The molecule has 1 nitrogen and oxygen atoms in total. The summed E-state index contributed by atoms with van der Waals surface area (Å²) < 4.78 is 3.41. The van der Waals surface area contributed by atoms with Crippen LogP contribution in [-0.4, -0.2) is 12.3 Å². The molecule has 76 valence electrons. The summed E-state index contributed by atoms with van der Waals surface area (Å²) in [6.07, 6.45) is 2.55. The Kier molecular flexibility index (Phi) is 3.14. The molecule has 1 heterocycles. The highest BCUT2D eigenvalue weighted by molar-refractivity contribution is 7.97. The molecule has 14 heavy (non-hydrogen) atoms. The van der Waals surface area contributed by atoms with Gasteiger partial charge in [-0.05, 0) is 12.0 Å². The Labute approximate surface area is 90.4 Å². The van der Waals surface area contributed by atoms with Crippen LogP contribution in [-0.2, 0) is 5.41 Å². The van der Waals surface area contributed by atoms with Crippen molar-refractivity contribution in [3.05, 3.63) is 35.9 Å². The number of benzene rings is 1. The van der Waals surface area contributed by atoms with Crippen LogP contribution in [0.4, 0.5) is 0 Å². The molecule has 0 aliphatic carbocycles. The van der Waals surface area contributed by atoms with Crippen LogP contribution in [0.3, 0.4) is 0 Å². The highest BCUT2D eigenvalue weighted by atomic mass is 32.2. The molecular weight excluding hydrogens is 190 g/mol. The third kappa shape index (κ3) is 1.82. The Morgan fingerprint density at radius 1 is 1.36 bits per heavy atom. The summed E-state index contributed by atoms with van der Waals surface area (Å²) in [6.45, 7) is 3.39. The predicted molar refractivity (Wildman–Crippen MR) is 63.5 cm³/mol. The molecule has 0 bridgehead atoms. The van der Waals surface area contributed by atoms with E-state index in [1.54, 1.807) is 0 Å². The van der Waals surface area contributed by atoms with Gasteiger partial charge in [-0.3, -0.25) is 4.72 Å². The first-order chi connectivity index (χ1) is 6.87. The van der Waals surface area contributed by atoms with E-state index in [1.165, 1.54) is 24.2 Å². The van der Waals surface area contributed by atoms with Crippen molar-refractivity contribution in [3.8, 4) is 0 Å². The lowest BCUT2D eigenvalue weighted by atomic mass is 9.79. The monoisotopic (exact) mass is 207 g/mol. The average Bonchev–Trinajstić information content (AvgIpc) is 2.70. The largest absolute Gasteiger partial charge is 0.263 e. The molecule has 1 saturated heterocycles. The van der Waals surface area contributed by atoms with Crippen molar-refractivity contribution >= 4 is 11.9 Å². The van der Waals surface area contributed by atoms with E-state index in [-0.39, 0.29) is 0 Å². The van der Waals surface area contributed by atoms with Gasteiger partial charge in [-0.1, -0.05) is 55.6 Å². The van der Waals surface area contributed by atoms with Crippen molar-refractivity contribution in [1.29, 1.82) is 0 Å². The topological polar surface area (TPSA) is 12.0 Å². The number of hydrogen-bond donors (Lipinski definition) is 1. The lowest BCUT2D eigenvalue weighted by Crippen LogP contribution is -2.31. The van der Waals surface area contributed by atoms with E-state index in [0.717, 1.165) is 6.54 Å². The van der Waals surface area contributed by atoms with Crippen LogP contribution in [0.25, 0.3) is 0 Å². The summed E-state index contributed by atoms with van der Waals surface area (Å²) in [5, 5.41) is 0. The number of rotatable bonds is 3. The van der Waals surface area contributed by atoms with E-state index < -0.39 is 0 Å². The molecule has 1 aromatic carbocycles. The van der Waals surface area contributed by atoms with E-state index in [0.29, 0.717) is 5.41 Å². The van der Waals surface area contributed by atoms with Gasteiger partial charge >= 0.3 is 0 Å². The molecule has 0 radical (unpaired) electrons. The summed E-state index contributed by atoms with van der Waals surface area (Å²) in [5.74, 6) is 1.21. The molecule has 1 unspecified atom stereocenters. The Balaban J connectivity index is 2.27. The Morgan fingerprint density at radius 2 is 2.14 bits per heavy atom. The molecule has 0 aromatic heterocycles. The zero-order valence-corrected chi connectivity index (χ0v) is 9.44. The highest BCUT2D eigenvalue weighted by Gasteiger charge is 2.34. The number of nitrogens with one attached hydrogen (secondary N) is 1. The lowest BCUT2D eigenvalue weighted by molar-refractivity contribution is 0.455. The minimum Gasteiger partial charge on any atom is -0.263 e. The molecule has 0 spiro atoms. The summed E-state index contributed by atoms with van der Waals surface area (Å²) in [6, 6.07) is 10.9. The van der Waals surface area contributed by atoms with Gasteiger partial charge in [0.25, 0.3) is 0 Å². The maximum absolute atomic E-state index is 3.41. The third-order valence-electron chi connectivity index (χ3n) is 2.98. The van der Waals surface area contributed by atoms with Gasteiger partial charge in [-0.2, -0.15) is 0 Å². The molecule has 1 aliphatic heterocycles. The van der Waals surface area contributed by atoms with Gasteiger partial charge in [0.1, 0.15) is 0 Å². The Morgan fingerprint density at radius 3 is 2.71 bits per heavy atom. The summed E-state index contributed by atoms with van der Waals surface area (Å²) in [7, 11) is 0. The van der Waals surface area contributed by atoms with E-state index in [4.69, 9.17) is 0 Å². The third-order valence-corrected chi connectivity index (χ3v) is 4.02. The minimum atomic E-state index is 0.390. The van der Waals surface area contributed by atoms with Crippen LogP contribution < -0.4 is 4.72 Å². The maximum atomic E-state index is 3.41. The fraction of sp³-hybridized carbons (Fsp3) is 0.500. The van der Waals surface area contributed by atoms with Crippen LogP contribution in [0.1, 0.15) is 25.3 Å². The van der Waals surface area contributed by atoms with Gasteiger partial charge in [-0.15, -0.1) is 0 Å². The van der Waals surface area contributed by atoms with Crippen LogP contribution in [0.2, 0.25) is 0 Å². The van der Waals surface area contributed by atoms with Crippen molar-refractivity contribution in [3.63, 3.8) is 0 Å². The summed E-state index contributed by atoms with van der Waals surface area (Å²) >= 11 is 1.87. The molecule has 0 saturated carbocycles. The van der Waals surface area contributed by atoms with Crippen molar-refractivity contribution in [2.45, 2.75) is 25.2 Å². The smallest absolute Gasteiger partial charge is 0.0190 e. The Bertz CT molecular complexity index is 278. The minimum absolute atomic E-state index is 0.390. The van der Waals surface area contributed by atoms with Crippen LogP contribution in [0.5, 0.6) is 0 Å². The van der Waals surface area contributed by atoms with Gasteiger partial charge in [0.2, 0.25) is 0 Å². The molecule has 1 N–H and O–H groups in total. The fourth-order valence-electron chi connectivity index (χ4n) is 2.19. The number of hydrogen-bond acceptors (Lipinski definition) is 2. The van der Waals surface area contributed by atoms with Crippen LogP contribution in [0, 0.1) is 0 Å². The zero-order valence-electron chi connectivity index (χ0n) is 8.62. The van der Waals surface area contributed by atoms with Crippen molar-refractivity contribution < 1.29 is 0 Å². The molecular formula is C12H17NS. The summed E-state index contributed by atoms with van der Waals surface area (Å²) in [5.41, 5.74) is 1.89. The molecule has 1 aliphatic rings. The van der Waals surface area contributed by atoms with Gasteiger partial charge in [-0.25, -0.2) is 0 Å². The average molecular weight is 207 g/mol. The normalized spacial score (nSPS) is 26.6. The molecule has 1 fully saturated rings. The van der Waals surface area contributed by atoms with E-state index in [2.05, 4.69) is 42.0 Å². The molecule has 1 aromatic rings. The van der Waals surface area contributed by atoms with Gasteiger partial charge in [0.15, 0.2) is 0 Å². The second kappa shape index (κ2) is 4.37. The van der Waals surface area contributed by atoms with Crippen molar-refractivity contribution in [2.75, 3.05) is 12.3 Å². The van der Waals surface area contributed by atoms with E-state index in [9.17, 15) is 0 Å². The fourth-order valence-corrected chi connectivity index (χ4v) is 3.36. The highest BCUT2D eigenvalue weighted by Crippen LogP contribution is 2.36. The summed E-state index contributed by atoms with van der Waals surface area (Å²) in [4.78, 5) is 0. The maximum Gasteiger partial charge on any atom is 0.0190 e. The van der Waals surface area contributed by atoms with Crippen LogP contribution in [0.15, 0.2) is 30.3 Å². The van der Waals surface area contributed by atoms with Gasteiger partial charge < -0.3 is 0 Å². The Hall–Kier alpha value is -0.470. The molecule has 1 atom stereocenters. The first-order valence-electron chi connectivity index (χ1n) is 5.27. The van der Waals surface area contributed by atoms with E-state index >= 15 is 0 Å². The second-order valence-corrected chi connectivity index (χ2v) is 4.87. The first-order valence-corrected chi connectivity index (χ1v) is 6.26. The standard InChI is InChI=1S/C12H17NS/c1-2-8-12(9-13-14-10-12)11-6-4-3-5-7-11/h3-7,13H,2,8-10H2,1H3. The molecule has 2 heteroatoms. The second-order valence-electron chi connectivity index (χ2n) is 4.01. The van der Waals surface area contributed by atoms with Crippen molar-refractivity contribution in [1.82, 2.24) is 4.72 Å². The SMILES string of the molecule is CCCC1(c2ccccc2)CNSC1. The van der Waals surface area contributed by atoms with Crippen LogP contribution >= 0.6 is 11.9 Å². The first kappa shape index (κ1) is 10.1. The van der Waals surface area contributed by atoms with Gasteiger partial charge in [0.05, 0.1) is 0 Å².